The molecular weight excluding hydrogens is 421 g/mol. The summed E-state index contributed by atoms with van der Waals surface area (Å²) >= 11 is 0. The Morgan fingerprint density at radius 3 is 2.47 bits per heavy atom. The molecular formula is C23H23F3N4O2. The molecule has 1 amide bonds. The minimum absolute atomic E-state index is 0.0661. The summed E-state index contributed by atoms with van der Waals surface area (Å²) in [4.78, 5) is 19.1. The molecule has 0 unspecified atom stereocenters. The summed E-state index contributed by atoms with van der Waals surface area (Å²) in [5.74, 6) is 0.599. The van der Waals surface area contributed by atoms with Crippen molar-refractivity contribution >= 4 is 5.91 Å². The first kappa shape index (κ1) is 22.0. The van der Waals surface area contributed by atoms with Crippen LogP contribution in [0.3, 0.4) is 0 Å². The second-order valence-electron chi connectivity index (χ2n) is 7.80. The highest BCUT2D eigenvalue weighted by atomic mass is 19.4. The van der Waals surface area contributed by atoms with Crippen molar-refractivity contribution in [2.24, 2.45) is 5.92 Å². The van der Waals surface area contributed by atoms with Crippen molar-refractivity contribution in [1.82, 2.24) is 20.4 Å². The largest absolute Gasteiger partial charge is 0.416 e. The lowest BCUT2D eigenvalue weighted by Gasteiger charge is -2.30. The number of piperidine rings is 1. The standard InChI is InChI=1S/C23H23F3N4O2/c24-23(25,26)19-9-5-4-8-18(19)14-27-22(31)17-10-12-30(13-11-17)15-20-28-21(29-32-20)16-6-2-1-3-7-16/h1-9,17H,10-15H2,(H,27,31). The van der Waals surface area contributed by atoms with Gasteiger partial charge in [0, 0.05) is 18.0 Å². The summed E-state index contributed by atoms with van der Waals surface area (Å²) in [6.07, 6.45) is -3.21. The molecule has 0 aliphatic carbocycles. The van der Waals surface area contributed by atoms with Crippen molar-refractivity contribution < 1.29 is 22.5 Å². The quantitative estimate of drug-likeness (QED) is 0.615. The number of likely N-dealkylation sites (tertiary alicyclic amines) is 1. The van der Waals surface area contributed by atoms with Crippen molar-refractivity contribution in [1.29, 1.82) is 0 Å². The van der Waals surface area contributed by atoms with Gasteiger partial charge in [0.25, 0.3) is 0 Å². The Balaban J connectivity index is 1.26. The maximum atomic E-state index is 13.1. The van der Waals surface area contributed by atoms with Gasteiger partial charge in [-0.2, -0.15) is 18.2 Å². The molecule has 0 atom stereocenters. The highest BCUT2D eigenvalue weighted by molar-refractivity contribution is 5.78. The van der Waals surface area contributed by atoms with Gasteiger partial charge < -0.3 is 9.84 Å². The van der Waals surface area contributed by atoms with Crippen molar-refractivity contribution in [3.05, 3.63) is 71.6 Å². The zero-order valence-corrected chi connectivity index (χ0v) is 17.3. The normalized spacial score (nSPS) is 15.6. The molecule has 3 aromatic rings. The summed E-state index contributed by atoms with van der Waals surface area (Å²) in [6.45, 7) is 1.69. The number of aromatic nitrogens is 2. The molecule has 1 aromatic heterocycles. The van der Waals surface area contributed by atoms with Gasteiger partial charge in [-0.05, 0) is 37.6 Å². The fourth-order valence-corrected chi connectivity index (χ4v) is 3.85. The van der Waals surface area contributed by atoms with E-state index in [9.17, 15) is 18.0 Å². The number of hydrogen-bond acceptors (Lipinski definition) is 5. The smallest absolute Gasteiger partial charge is 0.352 e. The van der Waals surface area contributed by atoms with E-state index in [0.717, 1.165) is 11.6 Å². The summed E-state index contributed by atoms with van der Waals surface area (Å²) < 4.78 is 44.7. The number of halogens is 3. The Morgan fingerprint density at radius 2 is 1.75 bits per heavy atom. The molecule has 6 nitrogen and oxygen atoms in total. The van der Waals surface area contributed by atoms with Crippen molar-refractivity contribution in [3.63, 3.8) is 0 Å². The molecule has 4 rings (SSSR count). The number of benzene rings is 2. The van der Waals surface area contributed by atoms with Crippen LogP contribution in [-0.4, -0.2) is 34.0 Å². The van der Waals surface area contributed by atoms with Crippen LogP contribution < -0.4 is 5.32 Å². The van der Waals surface area contributed by atoms with Gasteiger partial charge in [0.15, 0.2) is 0 Å². The Labute approximate surface area is 183 Å². The van der Waals surface area contributed by atoms with E-state index in [1.165, 1.54) is 18.2 Å². The predicted octanol–water partition coefficient (Wildman–Crippen LogP) is 4.28. The summed E-state index contributed by atoms with van der Waals surface area (Å²) in [5, 5.41) is 6.68. The molecule has 1 fully saturated rings. The van der Waals surface area contributed by atoms with E-state index in [2.05, 4.69) is 20.4 Å². The lowest BCUT2D eigenvalue weighted by atomic mass is 9.95. The maximum absolute atomic E-state index is 13.1. The lowest BCUT2D eigenvalue weighted by molar-refractivity contribution is -0.138. The molecule has 0 saturated carbocycles. The Bertz CT molecular complexity index is 1040. The fraction of sp³-hybridized carbons (Fsp3) is 0.348. The van der Waals surface area contributed by atoms with Gasteiger partial charge >= 0.3 is 6.18 Å². The number of nitrogens with one attached hydrogen (secondary N) is 1. The maximum Gasteiger partial charge on any atom is 0.416 e. The monoisotopic (exact) mass is 444 g/mol. The minimum Gasteiger partial charge on any atom is -0.352 e. The topological polar surface area (TPSA) is 71.3 Å². The lowest BCUT2D eigenvalue weighted by Crippen LogP contribution is -2.40. The Hall–Kier alpha value is -3.20. The molecule has 0 bridgehead atoms. The molecule has 9 heteroatoms. The zero-order chi connectivity index (χ0) is 22.6. The van der Waals surface area contributed by atoms with E-state index < -0.39 is 11.7 Å². The highest BCUT2D eigenvalue weighted by Crippen LogP contribution is 2.32. The van der Waals surface area contributed by atoms with Crippen LogP contribution in [-0.2, 0) is 24.1 Å². The second-order valence-corrected chi connectivity index (χ2v) is 7.80. The summed E-state index contributed by atoms with van der Waals surface area (Å²) in [7, 11) is 0. The fourth-order valence-electron chi connectivity index (χ4n) is 3.85. The van der Waals surface area contributed by atoms with Crippen molar-refractivity contribution in [3.8, 4) is 11.4 Å². The predicted molar refractivity (Wildman–Crippen MR) is 111 cm³/mol. The average molecular weight is 444 g/mol. The summed E-state index contributed by atoms with van der Waals surface area (Å²) in [5.41, 5.74) is 0.228. The van der Waals surface area contributed by atoms with Crippen LogP contribution in [0.1, 0.15) is 29.9 Å². The van der Waals surface area contributed by atoms with Gasteiger partial charge in [-0.1, -0.05) is 53.7 Å². The van der Waals surface area contributed by atoms with Crippen LogP contribution in [0, 0.1) is 5.92 Å². The number of hydrogen-bond donors (Lipinski definition) is 1. The van der Waals surface area contributed by atoms with Gasteiger partial charge in [0.2, 0.25) is 17.6 Å². The van der Waals surface area contributed by atoms with Crippen molar-refractivity contribution in [2.75, 3.05) is 13.1 Å². The van der Waals surface area contributed by atoms with Crippen LogP contribution in [0.15, 0.2) is 59.1 Å². The van der Waals surface area contributed by atoms with Gasteiger partial charge in [0.1, 0.15) is 0 Å². The molecule has 1 N–H and O–H groups in total. The molecule has 1 aliphatic rings. The molecule has 168 valence electrons. The first-order chi connectivity index (χ1) is 15.4. The molecule has 0 spiro atoms. The minimum atomic E-state index is -4.44. The third-order valence-electron chi connectivity index (χ3n) is 5.59. The number of nitrogens with zero attached hydrogens (tertiary/aromatic N) is 3. The second kappa shape index (κ2) is 9.52. The van der Waals surface area contributed by atoms with Crippen LogP contribution in [0.25, 0.3) is 11.4 Å². The first-order valence-electron chi connectivity index (χ1n) is 10.4. The molecule has 1 saturated heterocycles. The third kappa shape index (κ3) is 5.34. The highest BCUT2D eigenvalue weighted by Gasteiger charge is 2.33. The number of carbonyl (C=O) groups is 1. The van der Waals surface area contributed by atoms with Crippen LogP contribution in [0.5, 0.6) is 0 Å². The Morgan fingerprint density at radius 1 is 1.06 bits per heavy atom. The van der Waals surface area contributed by atoms with Gasteiger partial charge in [0.05, 0.1) is 12.1 Å². The van der Waals surface area contributed by atoms with E-state index in [1.807, 2.05) is 30.3 Å². The molecule has 2 heterocycles. The van der Waals surface area contributed by atoms with E-state index >= 15 is 0 Å². The van der Waals surface area contributed by atoms with Crippen molar-refractivity contribution in [2.45, 2.75) is 32.1 Å². The van der Waals surface area contributed by atoms with Gasteiger partial charge in [-0.25, -0.2) is 0 Å². The van der Waals surface area contributed by atoms with E-state index in [4.69, 9.17) is 4.52 Å². The zero-order valence-electron chi connectivity index (χ0n) is 17.3. The SMILES string of the molecule is O=C(NCc1ccccc1C(F)(F)F)C1CCN(Cc2nc(-c3ccccc3)no2)CC1. The third-order valence-corrected chi connectivity index (χ3v) is 5.59. The number of alkyl halides is 3. The number of rotatable bonds is 6. The number of carbonyl (C=O) groups excluding carboxylic acids is 1. The Kier molecular flexibility index (Phi) is 6.55. The van der Waals surface area contributed by atoms with Gasteiger partial charge in [-0.3, -0.25) is 9.69 Å². The molecule has 0 radical (unpaired) electrons. The van der Waals surface area contributed by atoms with Crippen LogP contribution in [0.2, 0.25) is 0 Å². The molecule has 32 heavy (non-hydrogen) atoms. The van der Waals surface area contributed by atoms with E-state index in [0.29, 0.717) is 44.2 Å². The first-order valence-corrected chi connectivity index (χ1v) is 10.4. The summed E-state index contributed by atoms with van der Waals surface area (Å²) in [6, 6.07) is 14.8. The van der Waals surface area contributed by atoms with E-state index in [1.54, 1.807) is 0 Å². The molecule has 2 aromatic carbocycles. The average Bonchev–Trinajstić information content (AvgIpc) is 3.26. The molecule has 1 aliphatic heterocycles. The van der Waals surface area contributed by atoms with E-state index in [-0.39, 0.29) is 23.9 Å². The van der Waals surface area contributed by atoms with Crippen LogP contribution >= 0.6 is 0 Å². The number of amides is 1. The van der Waals surface area contributed by atoms with Crippen LogP contribution in [0.4, 0.5) is 13.2 Å². The van der Waals surface area contributed by atoms with Gasteiger partial charge in [-0.15, -0.1) is 0 Å².